The highest BCUT2D eigenvalue weighted by atomic mass is 16.4. The van der Waals surface area contributed by atoms with Crippen LogP contribution in [0.2, 0.25) is 0 Å². The quantitative estimate of drug-likeness (QED) is 0.621. The van der Waals surface area contributed by atoms with Crippen LogP contribution in [0.4, 0.5) is 0 Å². The average molecular weight is 198 g/mol. The van der Waals surface area contributed by atoms with Crippen LogP contribution in [0.3, 0.4) is 0 Å². The summed E-state index contributed by atoms with van der Waals surface area (Å²) in [5.41, 5.74) is 1.13. The molecule has 2 N–H and O–H groups in total. The third kappa shape index (κ3) is 1.56. The summed E-state index contributed by atoms with van der Waals surface area (Å²) in [4.78, 5) is 4.08. The number of pyridine rings is 1. The van der Waals surface area contributed by atoms with Gasteiger partial charge in [-0.15, -0.1) is 0 Å². The number of nitrogens with zero attached hydrogens (tertiary/aromatic N) is 2. The van der Waals surface area contributed by atoms with Gasteiger partial charge in [-0.25, -0.2) is 0 Å². The molecule has 1 heterocycles. The maximum absolute atomic E-state index is 9.08. The first-order valence-electron chi connectivity index (χ1n) is 4.38. The highest BCUT2D eigenvalue weighted by Crippen LogP contribution is 2.13. The lowest BCUT2D eigenvalue weighted by molar-refractivity contribution is 0.425. The molecule has 0 saturated heterocycles. The van der Waals surface area contributed by atoms with E-state index in [-0.39, 0.29) is 11.0 Å². The third-order valence-corrected chi connectivity index (χ3v) is 2.21. The molecule has 0 amide bonds. The summed E-state index contributed by atoms with van der Waals surface area (Å²) >= 11 is 0. The Morgan fingerprint density at radius 3 is 2.73 bits per heavy atom. The van der Waals surface area contributed by atoms with Crippen molar-refractivity contribution in [3.05, 3.63) is 36.0 Å². The second-order valence-corrected chi connectivity index (χ2v) is 3.09. The lowest BCUT2D eigenvalue weighted by Gasteiger charge is -2.05. The molecule has 5 heteroatoms. The lowest BCUT2D eigenvalue weighted by atomic mass is 9.76. The van der Waals surface area contributed by atoms with Crippen molar-refractivity contribution in [3.63, 3.8) is 0 Å². The summed E-state index contributed by atoms with van der Waals surface area (Å²) in [6.45, 7) is 0. The van der Waals surface area contributed by atoms with Crippen LogP contribution < -0.4 is 5.46 Å². The number of benzene rings is 1. The lowest BCUT2D eigenvalue weighted by Crippen LogP contribution is -2.32. The van der Waals surface area contributed by atoms with Gasteiger partial charge >= 0.3 is 7.12 Å². The molecule has 15 heavy (non-hydrogen) atoms. The summed E-state index contributed by atoms with van der Waals surface area (Å²) < 4.78 is 0. The van der Waals surface area contributed by atoms with Crippen LogP contribution in [-0.4, -0.2) is 22.2 Å². The predicted molar refractivity (Wildman–Crippen MR) is 56.3 cm³/mol. The first-order valence-corrected chi connectivity index (χ1v) is 4.38. The van der Waals surface area contributed by atoms with E-state index in [0.29, 0.717) is 10.9 Å². The smallest absolute Gasteiger partial charge is 0.423 e. The molecule has 0 aliphatic heterocycles. The van der Waals surface area contributed by atoms with E-state index >= 15 is 0 Å². The highest BCUT2D eigenvalue weighted by Gasteiger charge is 2.17. The molecule has 0 unspecified atom stereocenters. The van der Waals surface area contributed by atoms with Crippen molar-refractivity contribution >= 4 is 23.5 Å². The zero-order chi connectivity index (χ0) is 10.8. The molecule has 4 nitrogen and oxygen atoms in total. The summed E-state index contributed by atoms with van der Waals surface area (Å²) in [5.74, 6) is 0. The van der Waals surface area contributed by atoms with Gasteiger partial charge in [0.25, 0.3) is 0 Å². The van der Waals surface area contributed by atoms with Crippen molar-refractivity contribution in [2.45, 2.75) is 0 Å². The molecule has 1 aromatic heterocycles. The fourth-order valence-corrected chi connectivity index (χ4v) is 1.51. The Kier molecular flexibility index (Phi) is 2.38. The molecule has 0 radical (unpaired) electrons. The standard InChI is InChI=1S/C10H7BN2O2/c12-6-8-7-2-1-5-13-10(7)4-3-9(8)11(14)15/h1-5,14-15H. The number of hydrogen-bond donors (Lipinski definition) is 2. The maximum Gasteiger partial charge on any atom is 0.489 e. The van der Waals surface area contributed by atoms with Crippen molar-refractivity contribution in [3.8, 4) is 6.07 Å². The van der Waals surface area contributed by atoms with Crippen molar-refractivity contribution in [1.29, 1.82) is 5.26 Å². The van der Waals surface area contributed by atoms with Crippen LogP contribution in [0.25, 0.3) is 10.9 Å². The Bertz CT molecular complexity index is 549. The van der Waals surface area contributed by atoms with E-state index in [4.69, 9.17) is 15.3 Å². The zero-order valence-corrected chi connectivity index (χ0v) is 7.75. The molecule has 0 spiro atoms. The Balaban J connectivity index is 2.83. The fraction of sp³-hybridized carbons (Fsp3) is 0. The fourth-order valence-electron chi connectivity index (χ4n) is 1.51. The number of rotatable bonds is 1. The van der Waals surface area contributed by atoms with Gasteiger partial charge < -0.3 is 10.0 Å². The molecule has 0 aliphatic carbocycles. The monoisotopic (exact) mass is 198 g/mol. The number of hydrogen-bond acceptors (Lipinski definition) is 4. The number of nitriles is 1. The van der Waals surface area contributed by atoms with Crippen molar-refractivity contribution in [2.24, 2.45) is 0 Å². The maximum atomic E-state index is 9.08. The Hall–Kier alpha value is -1.90. The van der Waals surface area contributed by atoms with Gasteiger partial charge in [0.15, 0.2) is 0 Å². The van der Waals surface area contributed by atoms with Gasteiger partial charge in [-0.05, 0) is 18.2 Å². The largest absolute Gasteiger partial charge is 0.489 e. The number of aromatic nitrogens is 1. The summed E-state index contributed by atoms with van der Waals surface area (Å²) in [6.07, 6.45) is 1.62. The minimum absolute atomic E-state index is 0.206. The normalized spacial score (nSPS) is 9.93. The third-order valence-electron chi connectivity index (χ3n) is 2.21. The summed E-state index contributed by atoms with van der Waals surface area (Å²) in [7, 11) is -1.63. The van der Waals surface area contributed by atoms with E-state index in [2.05, 4.69) is 4.98 Å². The van der Waals surface area contributed by atoms with Crippen molar-refractivity contribution in [2.75, 3.05) is 0 Å². The molecule has 72 valence electrons. The van der Waals surface area contributed by atoms with E-state index in [1.54, 1.807) is 24.4 Å². The average Bonchev–Trinajstić information content (AvgIpc) is 2.27. The van der Waals surface area contributed by atoms with E-state index in [9.17, 15) is 0 Å². The molecule has 0 bridgehead atoms. The van der Waals surface area contributed by atoms with E-state index in [1.807, 2.05) is 6.07 Å². The van der Waals surface area contributed by atoms with Crippen LogP contribution in [0, 0.1) is 11.3 Å². The Labute approximate surface area is 86.6 Å². The van der Waals surface area contributed by atoms with E-state index in [0.717, 1.165) is 0 Å². The van der Waals surface area contributed by atoms with Crippen LogP contribution in [0.5, 0.6) is 0 Å². The van der Waals surface area contributed by atoms with Crippen LogP contribution in [-0.2, 0) is 0 Å². The zero-order valence-electron chi connectivity index (χ0n) is 7.75. The topological polar surface area (TPSA) is 77.1 Å². The SMILES string of the molecule is N#Cc1c(B(O)O)ccc2ncccc12. The predicted octanol–water partition coefficient (Wildman–Crippen LogP) is -0.214. The summed E-state index contributed by atoms with van der Waals surface area (Å²) in [6, 6.07) is 8.55. The second-order valence-electron chi connectivity index (χ2n) is 3.09. The molecule has 0 atom stereocenters. The van der Waals surface area contributed by atoms with Crippen molar-refractivity contribution in [1.82, 2.24) is 4.98 Å². The van der Waals surface area contributed by atoms with E-state index < -0.39 is 7.12 Å². The van der Waals surface area contributed by atoms with Gasteiger partial charge in [0, 0.05) is 17.0 Å². The van der Waals surface area contributed by atoms with Gasteiger partial charge in [0.1, 0.15) is 0 Å². The van der Waals surface area contributed by atoms with Gasteiger partial charge in [-0.1, -0.05) is 6.07 Å². The minimum atomic E-state index is -1.63. The first kappa shape index (κ1) is 9.65. The van der Waals surface area contributed by atoms with Crippen LogP contribution >= 0.6 is 0 Å². The van der Waals surface area contributed by atoms with Crippen LogP contribution in [0.1, 0.15) is 5.56 Å². The molecule has 0 saturated carbocycles. The molecular formula is C10H7BN2O2. The first-order chi connectivity index (χ1) is 7.24. The molecule has 2 aromatic rings. The molecule has 1 aromatic carbocycles. The molecule has 0 aliphatic rings. The molecular weight excluding hydrogens is 191 g/mol. The van der Waals surface area contributed by atoms with Crippen LogP contribution in [0.15, 0.2) is 30.5 Å². The highest BCUT2D eigenvalue weighted by molar-refractivity contribution is 6.59. The number of fused-ring (bicyclic) bond motifs is 1. The second kappa shape index (κ2) is 3.69. The minimum Gasteiger partial charge on any atom is -0.423 e. The van der Waals surface area contributed by atoms with E-state index in [1.165, 1.54) is 6.07 Å². The molecule has 0 fully saturated rings. The van der Waals surface area contributed by atoms with Gasteiger partial charge in [-0.3, -0.25) is 4.98 Å². The van der Waals surface area contributed by atoms with Gasteiger partial charge in [-0.2, -0.15) is 5.26 Å². The Morgan fingerprint density at radius 1 is 1.27 bits per heavy atom. The van der Waals surface area contributed by atoms with Gasteiger partial charge in [0.2, 0.25) is 0 Å². The summed E-state index contributed by atoms with van der Waals surface area (Å²) in [5, 5.41) is 27.8. The molecule has 2 rings (SSSR count). The Morgan fingerprint density at radius 2 is 2.07 bits per heavy atom. The van der Waals surface area contributed by atoms with Gasteiger partial charge in [0.05, 0.1) is 17.1 Å². The van der Waals surface area contributed by atoms with Crippen molar-refractivity contribution < 1.29 is 10.0 Å².